The van der Waals surface area contributed by atoms with E-state index in [4.69, 9.17) is 4.74 Å². The Morgan fingerprint density at radius 2 is 1.67 bits per heavy atom. The molecule has 4 aromatic rings. The number of hydrogen-bond acceptors (Lipinski definition) is 3. The van der Waals surface area contributed by atoms with E-state index >= 15 is 0 Å². The van der Waals surface area contributed by atoms with Crippen LogP contribution in [0.1, 0.15) is 23.0 Å². The highest BCUT2D eigenvalue weighted by molar-refractivity contribution is 6.47. The first kappa shape index (κ1) is 22.1. The number of anilines is 1. The zero-order valence-electron chi connectivity index (χ0n) is 17.5. The van der Waals surface area contributed by atoms with Crippen LogP contribution in [-0.4, -0.2) is 22.7 Å². The van der Waals surface area contributed by atoms with Crippen molar-refractivity contribution in [1.29, 1.82) is 0 Å². The number of halogens is 3. The number of carbonyl (C=O) groups is 2. The maximum atomic E-state index is 13.2. The van der Waals surface area contributed by atoms with Gasteiger partial charge in [0.1, 0.15) is 11.4 Å². The third kappa shape index (κ3) is 4.59. The maximum absolute atomic E-state index is 13.2. The summed E-state index contributed by atoms with van der Waals surface area (Å²) in [5, 5.41) is 2.39. The Balaban J connectivity index is 1.67. The highest BCUT2D eigenvalue weighted by atomic mass is 19.4. The van der Waals surface area contributed by atoms with Crippen molar-refractivity contribution in [3.8, 4) is 16.9 Å². The molecule has 1 N–H and O–H groups in total. The quantitative estimate of drug-likeness (QED) is 0.295. The summed E-state index contributed by atoms with van der Waals surface area (Å²) >= 11 is 0. The van der Waals surface area contributed by atoms with Crippen LogP contribution in [0.4, 0.5) is 18.9 Å². The number of nitrogens with one attached hydrogen (secondary N) is 1. The molecule has 0 fully saturated rings. The smallest absolute Gasteiger partial charge is 0.416 e. The number of hydrogen-bond donors (Lipinski definition) is 1. The van der Waals surface area contributed by atoms with E-state index in [0.29, 0.717) is 29.0 Å². The average molecular weight is 452 g/mol. The molecule has 0 saturated carbocycles. The van der Waals surface area contributed by atoms with Crippen molar-refractivity contribution in [2.75, 3.05) is 11.9 Å². The highest BCUT2D eigenvalue weighted by Gasteiger charge is 2.30. The second-order valence-corrected chi connectivity index (χ2v) is 7.22. The van der Waals surface area contributed by atoms with Crippen molar-refractivity contribution in [2.45, 2.75) is 13.1 Å². The van der Waals surface area contributed by atoms with Gasteiger partial charge in [-0.25, -0.2) is 0 Å². The fourth-order valence-electron chi connectivity index (χ4n) is 3.51. The number of alkyl halides is 3. The van der Waals surface area contributed by atoms with E-state index in [1.54, 1.807) is 47.0 Å². The van der Waals surface area contributed by atoms with Crippen LogP contribution in [0.5, 0.6) is 5.75 Å². The van der Waals surface area contributed by atoms with Gasteiger partial charge in [0.2, 0.25) is 0 Å². The standard InChI is InChI=1S/C25H19F3N2O3/c1-2-33-20-12-6-16(7-13-20)21-15-19-5-3-4-14-30(19)22(21)23(31)24(32)29-18-10-8-17(9-11-18)25(26,27)28/h3-15H,2H2,1H3,(H,29,32). The van der Waals surface area contributed by atoms with Crippen LogP contribution in [0.25, 0.3) is 16.6 Å². The van der Waals surface area contributed by atoms with E-state index in [-0.39, 0.29) is 11.4 Å². The first-order chi connectivity index (χ1) is 15.8. The van der Waals surface area contributed by atoms with Crippen LogP contribution in [-0.2, 0) is 11.0 Å². The molecule has 0 saturated heterocycles. The molecule has 0 aliphatic rings. The predicted octanol–water partition coefficient (Wildman–Crippen LogP) is 5.85. The first-order valence-electron chi connectivity index (χ1n) is 10.1. The van der Waals surface area contributed by atoms with Crippen molar-refractivity contribution in [2.24, 2.45) is 0 Å². The van der Waals surface area contributed by atoms with Gasteiger partial charge < -0.3 is 14.5 Å². The van der Waals surface area contributed by atoms with Crippen molar-refractivity contribution >= 4 is 22.9 Å². The van der Waals surface area contributed by atoms with E-state index < -0.39 is 23.4 Å². The van der Waals surface area contributed by atoms with Crippen LogP contribution in [0, 0.1) is 0 Å². The van der Waals surface area contributed by atoms with Gasteiger partial charge in [0.25, 0.3) is 11.7 Å². The summed E-state index contributed by atoms with van der Waals surface area (Å²) in [5.41, 5.74) is 1.38. The minimum atomic E-state index is -4.49. The third-order valence-corrected chi connectivity index (χ3v) is 5.05. The van der Waals surface area contributed by atoms with E-state index in [9.17, 15) is 22.8 Å². The molecule has 0 bridgehead atoms. The molecule has 0 atom stereocenters. The van der Waals surface area contributed by atoms with Gasteiger partial charge in [-0.05, 0) is 67.1 Å². The SMILES string of the molecule is CCOc1ccc(-c2cc3ccccn3c2C(=O)C(=O)Nc2ccc(C(F)(F)F)cc2)cc1. The Hall–Kier alpha value is -4.07. The number of fused-ring (bicyclic) bond motifs is 1. The Kier molecular flexibility index (Phi) is 5.91. The highest BCUT2D eigenvalue weighted by Crippen LogP contribution is 2.31. The molecule has 0 aliphatic carbocycles. The third-order valence-electron chi connectivity index (χ3n) is 5.05. The Labute approximate surface area is 187 Å². The Morgan fingerprint density at radius 1 is 0.970 bits per heavy atom. The number of Topliss-reactive ketones (excluding diaryl/α,β-unsaturated/α-hetero) is 1. The van der Waals surface area contributed by atoms with Gasteiger partial charge in [-0.3, -0.25) is 9.59 Å². The first-order valence-corrected chi connectivity index (χ1v) is 10.1. The molecule has 2 heterocycles. The maximum Gasteiger partial charge on any atom is 0.416 e. The second kappa shape index (κ2) is 8.82. The number of ether oxygens (including phenoxy) is 1. The van der Waals surface area contributed by atoms with E-state index in [1.807, 2.05) is 19.1 Å². The molecule has 2 aromatic heterocycles. The molecule has 0 aliphatic heterocycles. The molecule has 4 rings (SSSR count). The van der Waals surface area contributed by atoms with Gasteiger partial charge in [0.15, 0.2) is 0 Å². The van der Waals surface area contributed by atoms with Crippen molar-refractivity contribution in [3.05, 3.63) is 90.3 Å². The van der Waals surface area contributed by atoms with Crippen LogP contribution in [0.2, 0.25) is 0 Å². The van der Waals surface area contributed by atoms with Crippen LogP contribution >= 0.6 is 0 Å². The molecule has 168 valence electrons. The molecular formula is C25H19F3N2O3. The van der Waals surface area contributed by atoms with E-state index in [1.165, 1.54) is 0 Å². The average Bonchev–Trinajstić information content (AvgIpc) is 3.18. The van der Waals surface area contributed by atoms with Crippen molar-refractivity contribution < 1.29 is 27.5 Å². The lowest BCUT2D eigenvalue weighted by atomic mass is 10.0. The zero-order chi connectivity index (χ0) is 23.6. The summed E-state index contributed by atoms with van der Waals surface area (Å²) in [6, 6.07) is 18.2. The molecule has 0 spiro atoms. The Morgan fingerprint density at radius 3 is 2.30 bits per heavy atom. The topological polar surface area (TPSA) is 59.8 Å². The number of rotatable bonds is 6. The summed E-state index contributed by atoms with van der Waals surface area (Å²) < 4.78 is 45.4. The van der Waals surface area contributed by atoms with Crippen molar-refractivity contribution in [3.63, 3.8) is 0 Å². The zero-order valence-corrected chi connectivity index (χ0v) is 17.5. The van der Waals surface area contributed by atoms with Gasteiger partial charge in [-0.2, -0.15) is 13.2 Å². The van der Waals surface area contributed by atoms with Gasteiger partial charge in [-0.1, -0.05) is 18.2 Å². The lowest BCUT2D eigenvalue weighted by Crippen LogP contribution is -2.24. The van der Waals surface area contributed by atoms with Gasteiger partial charge >= 0.3 is 6.18 Å². The number of benzene rings is 2. The molecule has 33 heavy (non-hydrogen) atoms. The number of ketones is 1. The number of aromatic nitrogens is 1. The lowest BCUT2D eigenvalue weighted by Gasteiger charge is -2.10. The van der Waals surface area contributed by atoms with Gasteiger partial charge in [0, 0.05) is 23.0 Å². The summed E-state index contributed by atoms with van der Waals surface area (Å²) in [6.45, 7) is 2.39. The molecular weight excluding hydrogens is 433 g/mol. The number of carbonyl (C=O) groups excluding carboxylic acids is 2. The van der Waals surface area contributed by atoms with Crippen LogP contribution in [0.3, 0.4) is 0 Å². The summed E-state index contributed by atoms with van der Waals surface area (Å²) in [5.74, 6) is -1.09. The molecule has 8 heteroatoms. The summed E-state index contributed by atoms with van der Waals surface area (Å²) in [4.78, 5) is 25.9. The summed E-state index contributed by atoms with van der Waals surface area (Å²) in [6.07, 6.45) is -2.82. The molecule has 5 nitrogen and oxygen atoms in total. The fourth-order valence-corrected chi connectivity index (χ4v) is 3.51. The van der Waals surface area contributed by atoms with E-state index in [2.05, 4.69) is 5.32 Å². The van der Waals surface area contributed by atoms with Crippen molar-refractivity contribution in [1.82, 2.24) is 4.40 Å². The Bertz CT molecular complexity index is 1310. The minimum absolute atomic E-state index is 0.0878. The normalized spacial score (nSPS) is 11.4. The van der Waals surface area contributed by atoms with E-state index in [0.717, 1.165) is 24.3 Å². The monoisotopic (exact) mass is 452 g/mol. The molecule has 0 unspecified atom stereocenters. The minimum Gasteiger partial charge on any atom is -0.494 e. The number of pyridine rings is 1. The van der Waals surface area contributed by atoms with Crippen LogP contribution in [0.15, 0.2) is 79.0 Å². The molecule has 2 aromatic carbocycles. The predicted molar refractivity (Wildman–Crippen MR) is 118 cm³/mol. The summed E-state index contributed by atoms with van der Waals surface area (Å²) in [7, 11) is 0. The lowest BCUT2D eigenvalue weighted by molar-refractivity contribution is -0.137. The second-order valence-electron chi connectivity index (χ2n) is 7.22. The number of amides is 1. The van der Waals surface area contributed by atoms with Crippen LogP contribution < -0.4 is 10.1 Å². The largest absolute Gasteiger partial charge is 0.494 e. The number of nitrogens with zero attached hydrogens (tertiary/aromatic N) is 1. The van der Waals surface area contributed by atoms with Gasteiger partial charge in [0.05, 0.1) is 12.2 Å². The fraction of sp³-hybridized carbons (Fsp3) is 0.120. The van der Waals surface area contributed by atoms with Gasteiger partial charge in [-0.15, -0.1) is 0 Å². The molecule has 0 radical (unpaired) electrons. The molecule has 1 amide bonds.